The van der Waals surface area contributed by atoms with Gasteiger partial charge >= 0.3 is 0 Å². The maximum atomic E-state index is 13.6. The highest BCUT2D eigenvalue weighted by Gasteiger charge is 2.34. The molecule has 6 rings (SSSR count). The Balaban J connectivity index is 1.25. The van der Waals surface area contributed by atoms with Crippen molar-refractivity contribution in [3.8, 4) is 0 Å². The number of furan rings is 1. The van der Waals surface area contributed by atoms with E-state index in [1.165, 1.54) is 18.3 Å². The van der Waals surface area contributed by atoms with Crippen LogP contribution in [0.1, 0.15) is 46.7 Å². The van der Waals surface area contributed by atoms with Crippen LogP contribution < -0.4 is 10.6 Å². The fourth-order valence-electron chi connectivity index (χ4n) is 5.73. The van der Waals surface area contributed by atoms with Gasteiger partial charge in [0.25, 0.3) is 11.8 Å². The molecule has 13 nitrogen and oxygen atoms in total. The first-order valence-corrected chi connectivity index (χ1v) is 14.7. The van der Waals surface area contributed by atoms with E-state index < -0.39 is 5.91 Å². The number of anilines is 2. The lowest BCUT2D eigenvalue weighted by Crippen LogP contribution is -2.49. The average Bonchev–Trinajstić information content (AvgIpc) is 3.40. The largest absolute Gasteiger partial charge is 0.447 e. The lowest BCUT2D eigenvalue weighted by Gasteiger charge is -2.38. The van der Waals surface area contributed by atoms with Crippen LogP contribution >= 0.6 is 11.6 Å². The van der Waals surface area contributed by atoms with Gasteiger partial charge in [-0.2, -0.15) is 0 Å². The Morgan fingerprint density at radius 3 is 2.42 bits per heavy atom. The van der Waals surface area contributed by atoms with Crippen LogP contribution in [0.15, 0.2) is 34.9 Å². The zero-order valence-electron chi connectivity index (χ0n) is 23.3. The maximum Gasteiger partial charge on any atom is 0.293 e. The van der Waals surface area contributed by atoms with Crippen LogP contribution in [-0.4, -0.2) is 95.5 Å². The minimum atomic E-state index is -0.631. The number of nitrogens with zero attached hydrogens (tertiary/aromatic N) is 4. The number of halogens is 1. The van der Waals surface area contributed by atoms with Gasteiger partial charge in [-0.05, 0) is 49.9 Å². The predicted molar refractivity (Wildman–Crippen MR) is 155 cm³/mol. The summed E-state index contributed by atoms with van der Waals surface area (Å²) in [6.07, 6.45) is 3.91. The normalized spacial score (nSPS) is 21.1. The Morgan fingerprint density at radius 1 is 0.930 bits per heavy atom. The molecule has 0 unspecified atom stereocenters. The highest BCUT2D eigenvalue weighted by atomic mass is 35.5. The number of hydrogen-bond donors (Lipinski definition) is 2. The summed E-state index contributed by atoms with van der Waals surface area (Å²) in [5.41, 5.74) is 1.05. The quantitative estimate of drug-likeness (QED) is 0.401. The van der Waals surface area contributed by atoms with Crippen LogP contribution in [0.25, 0.3) is 11.1 Å². The maximum absolute atomic E-state index is 13.6. The minimum absolute atomic E-state index is 0.0240. The zero-order valence-corrected chi connectivity index (χ0v) is 24.1. The second-order valence-corrected chi connectivity index (χ2v) is 11.1. The summed E-state index contributed by atoms with van der Waals surface area (Å²) < 4.78 is 16.5. The zero-order chi connectivity index (χ0) is 29.9. The summed E-state index contributed by atoms with van der Waals surface area (Å²) in [5, 5.41) is 5.86. The molecular formula is C29H31ClN6O7. The molecular weight excluding hydrogens is 580 g/mol. The smallest absolute Gasteiger partial charge is 0.293 e. The number of hydrogen-bond acceptors (Lipinski definition) is 9. The molecule has 0 bridgehead atoms. The number of morpholine rings is 2. The summed E-state index contributed by atoms with van der Waals surface area (Å²) in [6, 6.07) is 6.29. The molecule has 3 aliphatic rings. The van der Waals surface area contributed by atoms with Crippen molar-refractivity contribution in [1.29, 1.82) is 0 Å². The number of carbonyl (C=O) groups excluding carboxylic acids is 4. The standard InChI is InChI=1S/C29H31ClN6O7/c30-22-8-3-18(15-31-22)32-28(39)26-25(24-21(43-26)7-6-20(33-24)29(40)35-9-12-41-13-10-35)34-27(38)17-1-4-19(5-2-17)36-11-14-42-16-23(36)37/h3,6-8,15,17,19H,1-2,4-5,9-14,16H2,(H,32,39)(H,34,38). The SMILES string of the molecule is O=C(Nc1ccc(Cl)nc1)c1oc2ccc(C(=O)N3CCOCC3)nc2c1NC(=O)C1CCC(N2CCOCC2=O)CC1. The van der Waals surface area contributed by atoms with Gasteiger partial charge in [0.2, 0.25) is 17.6 Å². The molecule has 43 heavy (non-hydrogen) atoms. The second kappa shape index (κ2) is 12.7. The van der Waals surface area contributed by atoms with Gasteiger partial charge in [-0.3, -0.25) is 19.2 Å². The summed E-state index contributed by atoms with van der Waals surface area (Å²) >= 11 is 5.87. The lowest BCUT2D eigenvalue weighted by molar-refractivity contribution is -0.146. The Bertz CT molecular complexity index is 1530. The molecule has 1 saturated carbocycles. The van der Waals surface area contributed by atoms with E-state index in [-0.39, 0.29) is 69.7 Å². The summed E-state index contributed by atoms with van der Waals surface area (Å²) in [4.78, 5) is 64.4. The molecule has 2 N–H and O–H groups in total. The van der Waals surface area contributed by atoms with Crippen LogP contribution in [0.5, 0.6) is 0 Å². The van der Waals surface area contributed by atoms with E-state index in [0.29, 0.717) is 70.8 Å². The molecule has 226 valence electrons. The van der Waals surface area contributed by atoms with Crippen molar-refractivity contribution in [2.75, 3.05) is 56.7 Å². The molecule has 3 aromatic rings. The van der Waals surface area contributed by atoms with Crippen molar-refractivity contribution in [2.45, 2.75) is 31.7 Å². The van der Waals surface area contributed by atoms with Gasteiger partial charge in [-0.1, -0.05) is 11.6 Å². The Hall–Kier alpha value is -4.07. The molecule has 5 heterocycles. The van der Waals surface area contributed by atoms with Gasteiger partial charge in [0.1, 0.15) is 28.7 Å². The van der Waals surface area contributed by atoms with Crippen molar-refractivity contribution in [2.24, 2.45) is 5.92 Å². The monoisotopic (exact) mass is 610 g/mol. The fraction of sp³-hybridized carbons (Fsp3) is 0.448. The molecule has 1 aliphatic carbocycles. The van der Waals surface area contributed by atoms with E-state index in [2.05, 4.69) is 20.6 Å². The van der Waals surface area contributed by atoms with Gasteiger partial charge in [-0.25, -0.2) is 9.97 Å². The highest BCUT2D eigenvalue weighted by molar-refractivity contribution is 6.29. The number of aromatic nitrogens is 2. The molecule has 3 aromatic heterocycles. The van der Waals surface area contributed by atoms with Gasteiger partial charge < -0.3 is 34.3 Å². The van der Waals surface area contributed by atoms with Crippen molar-refractivity contribution in [3.05, 3.63) is 47.1 Å². The van der Waals surface area contributed by atoms with Crippen LogP contribution in [0.4, 0.5) is 11.4 Å². The summed E-state index contributed by atoms with van der Waals surface area (Å²) in [7, 11) is 0. The number of fused-ring (bicyclic) bond motifs is 1. The van der Waals surface area contributed by atoms with E-state index in [1.54, 1.807) is 17.0 Å². The van der Waals surface area contributed by atoms with Gasteiger partial charge in [0, 0.05) is 31.6 Å². The number of carbonyl (C=O) groups is 4. The number of pyridine rings is 2. The van der Waals surface area contributed by atoms with Crippen LogP contribution in [-0.2, 0) is 19.1 Å². The molecule has 2 aliphatic heterocycles. The first-order valence-electron chi connectivity index (χ1n) is 14.3. The summed E-state index contributed by atoms with van der Waals surface area (Å²) in [5.74, 6) is -1.72. The van der Waals surface area contributed by atoms with E-state index in [4.69, 9.17) is 25.5 Å². The van der Waals surface area contributed by atoms with Gasteiger partial charge in [-0.15, -0.1) is 0 Å². The summed E-state index contributed by atoms with van der Waals surface area (Å²) in [6.45, 7) is 2.91. The van der Waals surface area contributed by atoms with E-state index in [0.717, 1.165) is 0 Å². The lowest BCUT2D eigenvalue weighted by atomic mass is 9.84. The average molecular weight is 611 g/mol. The molecule has 4 amide bonds. The number of amides is 4. The van der Waals surface area contributed by atoms with Crippen LogP contribution in [0.2, 0.25) is 5.15 Å². The minimum Gasteiger partial charge on any atom is -0.447 e. The van der Waals surface area contributed by atoms with E-state index in [9.17, 15) is 19.2 Å². The first-order chi connectivity index (χ1) is 20.9. The molecule has 0 atom stereocenters. The van der Waals surface area contributed by atoms with Gasteiger partial charge in [0.05, 0.1) is 31.7 Å². The number of ether oxygens (including phenoxy) is 2. The van der Waals surface area contributed by atoms with Crippen molar-refractivity contribution < 1.29 is 33.1 Å². The topological polar surface area (TPSA) is 156 Å². The fourth-order valence-corrected chi connectivity index (χ4v) is 5.84. The molecule has 0 spiro atoms. The molecule has 0 aromatic carbocycles. The molecule has 3 fully saturated rings. The van der Waals surface area contributed by atoms with Crippen LogP contribution in [0, 0.1) is 5.92 Å². The van der Waals surface area contributed by atoms with Crippen LogP contribution in [0.3, 0.4) is 0 Å². The Labute approximate surface area is 251 Å². The molecule has 0 radical (unpaired) electrons. The predicted octanol–water partition coefficient (Wildman–Crippen LogP) is 2.96. The third-order valence-corrected chi connectivity index (χ3v) is 8.25. The second-order valence-electron chi connectivity index (χ2n) is 10.7. The van der Waals surface area contributed by atoms with Gasteiger partial charge in [0.15, 0.2) is 5.58 Å². The Kier molecular flexibility index (Phi) is 8.54. The third-order valence-electron chi connectivity index (χ3n) is 8.02. The van der Waals surface area contributed by atoms with E-state index in [1.807, 2.05) is 4.90 Å². The van der Waals surface area contributed by atoms with E-state index >= 15 is 0 Å². The van der Waals surface area contributed by atoms with Crippen molar-refractivity contribution >= 4 is 57.7 Å². The molecule has 14 heteroatoms. The number of rotatable bonds is 6. The van der Waals surface area contributed by atoms with Crippen molar-refractivity contribution in [1.82, 2.24) is 19.8 Å². The van der Waals surface area contributed by atoms with Crippen molar-refractivity contribution in [3.63, 3.8) is 0 Å². The Morgan fingerprint density at radius 2 is 1.70 bits per heavy atom. The third kappa shape index (κ3) is 6.33. The highest BCUT2D eigenvalue weighted by Crippen LogP contribution is 2.34. The molecule has 2 saturated heterocycles. The first kappa shape index (κ1) is 29.0. The number of nitrogens with one attached hydrogen (secondary N) is 2.